The molecule has 1 atom stereocenters. The number of hydrogen-bond acceptors (Lipinski definition) is 7. The Morgan fingerprint density at radius 2 is 1.59 bits per heavy atom. The van der Waals surface area contributed by atoms with E-state index in [2.05, 4.69) is 26.2 Å². The minimum Gasteiger partial charge on any atom is -0.301 e. The van der Waals surface area contributed by atoms with Crippen molar-refractivity contribution in [3.8, 4) is 0 Å². The van der Waals surface area contributed by atoms with E-state index in [4.69, 9.17) is 12.2 Å². The van der Waals surface area contributed by atoms with E-state index >= 15 is 0 Å². The summed E-state index contributed by atoms with van der Waals surface area (Å²) in [4.78, 5) is 43.1. The summed E-state index contributed by atoms with van der Waals surface area (Å²) in [6.45, 7) is 0. The van der Waals surface area contributed by atoms with E-state index in [1.54, 1.807) is 48.5 Å². The van der Waals surface area contributed by atoms with Crippen LogP contribution in [0.25, 0.3) is 0 Å². The maximum absolute atomic E-state index is 13.0. The van der Waals surface area contributed by atoms with Crippen molar-refractivity contribution >= 4 is 80.1 Å². The van der Waals surface area contributed by atoms with Crippen molar-refractivity contribution in [1.82, 2.24) is 5.32 Å². The third kappa shape index (κ3) is 5.38. The summed E-state index contributed by atoms with van der Waals surface area (Å²) in [5.41, 5.74) is 1.15. The summed E-state index contributed by atoms with van der Waals surface area (Å²) < 4.78 is 0.851. The molecule has 11 heteroatoms. The van der Waals surface area contributed by atoms with Crippen LogP contribution >= 0.6 is 39.9 Å². The van der Waals surface area contributed by atoms with Crippen molar-refractivity contribution in [3.05, 3.63) is 87.4 Å². The quantitative estimate of drug-likeness (QED) is 0.146. The molecule has 4 rings (SSSR count). The topological polar surface area (TPSA) is 105 Å². The Labute approximate surface area is 212 Å². The lowest BCUT2D eigenvalue weighted by atomic mass is 10.1. The van der Waals surface area contributed by atoms with Crippen LogP contribution in [0.2, 0.25) is 0 Å². The fourth-order valence-electron chi connectivity index (χ4n) is 3.09. The maximum Gasteiger partial charge on any atom is 0.269 e. The van der Waals surface area contributed by atoms with Crippen molar-refractivity contribution in [2.45, 2.75) is 9.79 Å². The smallest absolute Gasteiger partial charge is 0.269 e. The average molecular weight is 555 g/mol. The van der Waals surface area contributed by atoms with Crippen LogP contribution in [-0.4, -0.2) is 28.1 Å². The third-order valence-corrected chi connectivity index (χ3v) is 6.61. The summed E-state index contributed by atoms with van der Waals surface area (Å²) in [5.74, 6) is -2.13. The molecule has 0 radical (unpaired) electrons. The predicted octanol–water partition coefficient (Wildman–Crippen LogP) is 5.27. The van der Waals surface area contributed by atoms with E-state index in [-0.39, 0.29) is 10.8 Å². The van der Waals surface area contributed by atoms with Gasteiger partial charge >= 0.3 is 0 Å². The number of nitro groups is 1. The van der Waals surface area contributed by atoms with Crippen LogP contribution in [0.1, 0.15) is 0 Å². The van der Waals surface area contributed by atoms with Crippen LogP contribution in [-0.2, 0) is 9.59 Å². The Balaban J connectivity index is 1.46. The van der Waals surface area contributed by atoms with E-state index in [9.17, 15) is 19.7 Å². The Kier molecular flexibility index (Phi) is 7.15. The normalized spacial score (nSPS) is 16.1. The van der Waals surface area contributed by atoms with Crippen LogP contribution in [0.5, 0.6) is 0 Å². The second-order valence-electron chi connectivity index (χ2n) is 7.05. The largest absolute Gasteiger partial charge is 0.301 e. The van der Waals surface area contributed by atoms with Crippen molar-refractivity contribution in [2.75, 3.05) is 4.90 Å². The second-order valence-corrected chi connectivity index (χ2v) is 9.50. The number of halogens is 1. The van der Waals surface area contributed by atoms with Crippen LogP contribution in [0.4, 0.5) is 17.1 Å². The molecular weight excluding hydrogens is 540 g/mol. The van der Waals surface area contributed by atoms with Crippen molar-refractivity contribution in [3.63, 3.8) is 0 Å². The van der Waals surface area contributed by atoms with Gasteiger partial charge in [-0.3, -0.25) is 29.6 Å². The SMILES string of the molecule is O=C1NC(=S)N(c2ccc(Br)cc2)C(=O)[C@H]1C=Nc1ccc(Sc2ccc([N+](=O)[O-])cc2)cc1. The summed E-state index contributed by atoms with van der Waals surface area (Å²) in [7, 11) is 0. The van der Waals surface area contributed by atoms with Gasteiger partial charge < -0.3 is 5.32 Å². The summed E-state index contributed by atoms with van der Waals surface area (Å²) in [6, 6.07) is 20.5. The summed E-state index contributed by atoms with van der Waals surface area (Å²) in [5, 5.41) is 13.4. The molecule has 34 heavy (non-hydrogen) atoms. The number of aliphatic imine (C=N–C) groups is 1. The Morgan fingerprint density at radius 1 is 1.00 bits per heavy atom. The zero-order chi connectivity index (χ0) is 24.2. The van der Waals surface area contributed by atoms with E-state index < -0.39 is 22.7 Å². The zero-order valence-electron chi connectivity index (χ0n) is 17.3. The minimum absolute atomic E-state index is 0.0228. The fraction of sp³-hybridized carbons (Fsp3) is 0.0435. The number of carbonyl (C=O) groups is 2. The number of thiocarbonyl (C=S) groups is 1. The van der Waals surface area contributed by atoms with E-state index in [0.29, 0.717) is 11.4 Å². The number of amides is 2. The molecule has 0 saturated carbocycles. The molecule has 1 heterocycles. The monoisotopic (exact) mass is 554 g/mol. The Bertz CT molecular complexity index is 1300. The van der Waals surface area contributed by atoms with Gasteiger partial charge in [0.15, 0.2) is 11.0 Å². The minimum atomic E-state index is -1.12. The molecule has 3 aromatic rings. The zero-order valence-corrected chi connectivity index (χ0v) is 20.5. The third-order valence-electron chi connectivity index (χ3n) is 4.78. The molecule has 3 aromatic carbocycles. The average Bonchev–Trinajstić information content (AvgIpc) is 2.81. The van der Waals surface area contributed by atoms with E-state index in [1.807, 2.05) is 12.1 Å². The van der Waals surface area contributed by atoms with E-state index in [1.165, 1.54) is 35.0 Å². The number of nitrogens with zero attached hydrogens (tertiary/aromatic N) is 3. The van der Waals surface area contributed by atoms with E-state index in [0.717, 1.165) is 14.3 Å². The molecular formula is C23H15BrN4O4S2. The molecule has 0 aliphatic carbocycles. The highest BCUT2D eigenvalue weighted by atomic mass is 79.9. The number of hydrogen-bond donors (Lipinski definition) is 1. The second kappa shape index (κ2) is 10.2. The highest BCUT2D eigenvalue weighted by Gasteiger charge is 2.38. The molecule has 1 aliphatic heterocycles. The number of non-ortho nitro benzene ring substituents is 1. The van der Waals surface area contributed by atoms with Crippen LogP contribution in [0, 0.1) is 16.0 Å². The summed E-state index contributed by atoms with van der Waals surface area (Å²) in [6.07, 6.45) is 1.31. The van der Waals surface area contributed by atoms with Crippen molar-refractivity contribution < 1.29 is 14.5 Å². The van der Waals surface area contributed by atoms with Gasteiger partial charge in [0.25, 0.3) is 11.6 Å². The molecule has 0 aromatic heterocycles. The van der Waals surface area contributed by atoms with Gasteiger partial charge in [0.1, 0.15) is 0 Å². The molecule has 0 unspecified atom stereocenters. The predicted molar refractivity (Wildman–Crippen MR) is 138 cm³/mol. The standard InChI is InChI=1S/C23H15BrN4O4S2/c24-14-1-5-16(6-2-14)27-22(30)20(21(29)26-23(27)33)13-25-15-3-9-18(10-4-15)34-19-11-7-17(8-12-19)28(31)32/h1-13,20H,(H,26,29,33)/t20-/m0/s1. The molecule has 0 bridgehead atoms. The summed E-state index contributed by atoms with van der Waals surface area (Å²) >= 11 is 9.99. The Morgan fingerprint density at radius 3 is 2.18 bits per heavy atom. The first-order valence-electron chi connectivity index (χ1n) is 9.83. The lowest BCUT2D eigenvalue weighted by Crippen LogP contribution is -2.58. The molecule has 1 fully saturated rings. The lowest BCUT2D eigenvalue weighted by Gasteiger charge is -2.30. The number of anilines is 1. The Hall–Kier alpha value is -3.41. The number of nitrogens with one attached hydrogen (secondary N) is 1. The number of rotatable bonds is 6. The molecule has 170 valence electrons. The molecule has 8 nitrogen and oxygen atoms in total. The van der Waals surface area contributed by atoms with Gasteiger partial charge in [0.05, 0.1) is 16.3 Å². The van der Waals surface area contributed by atoms with Gasteiger partial charge in [-0.05, 0) is 72.9 Å². The molecule has 0 spiro atoms. The van der Waals surface area contributed by atoms with Gasteiger partial charge in [0, 0.05) is 32.6 Å². The van der Waals surface area contributed by atoms with Crippen LogP contribution < -0.4 is 10.2 Å². The van der Waals surface area contributed by atoms with Gasteiger partial charge in [0.2, 0.25) is 5.91 Å². The molecule has 2 amide bonds. The molecule has 1 N–H and O–H groups in total. The van der Waals surface area contributed by atoms with Gasteiger partial charge in [-0.15, -0.1) is 0 Å². The highest BCUT2D eigenvalue weighted by Crippen LogP contribution is 2.30. The number of benzene rings is 3. The number of carbonyl (C=O) groups excluding carboxylic acids is 2. The maximum atomic E-state index is 13.0. The molecule has 1 saturated heterocycles. The van der Waals surface area contributed by atoms with Crippen molar-refractivity contribution in [1.29, 1.82) is 0 Å². The van der Waals surface area contributed by atoms with Gasteiger partial charge in [-0.25, -0.2) is 0 Å². The fourth-order valence-corrected chi connectivity index (χ4v) is 4.47. The lowest BCUT2D eigenvalue weighted by molar-refractivity contribution is -0.384. The first kappa shape index (κ1) is 23.7. The van der Waals surface area contributed by atoms with Gasteiger partial charge in [-0.2, -0.15) is 0 Å². The van der Waals surface area contributed by atoms with Crippen molar-refractivity contribution in [2.24, 2.45) is 10.9 Å². The molecule has 1 aliphatic rings. The number of nitro benzene ring substituents is 1. The van der Waals surface area contributed by atoms with Crippen LogP contribution in [0.3, 0.4) is 0 Å². The first-order valence-corrected chi connectivity index (χ1v) is 11.8. The van der Waals surface area contributed by atoms with Gasteiger partial charge in [-0.1, -0.05) is 27.7 Å². The van der Waals surface area contributed by atoms with Crippen LogP contribution in [0.15, 0.2) is 92.1 Å². The highest BCUT2D eigenvalue weighted by molar-refractivity contribution is 9.10. The first-order chi connectivity index (χ1) is 16.3.